The lowest BCUT2D eigenvalue weighted by Crippen LogP contribution is -2.35. The van der Waals surface area contributed by atoms with Crippen molar-refractivity contribution in [3.8, 4) is 11.3 Å². The Morgan fingerprint density at radius 2 is 1.92 bits per heavy atom. The van der Waals surface area contributed by atoms with E-state index in [-0.39, 0.29) is 0 Å². The number of hydrogen-bond acceptors (Lipinski definition) is 3. The molecule has 1 aromatic heterocycles. The zero-order valence-corrected chi connectivity index (χ0v) is 15.3. The van der Waals surface area contributed by atoms with E-state index in [9.17, 15) is 0 Å². The van der Waals surface area contributed by atoms with E-state index < -0.39 is 0 Å². The first kappa shape index (κ1) is 15.6. The molecule has 1 fully saturated rings. The molecule has 3 nitrogen and oxygen atoms in total. The molecule has 0 amide bonds. The van der Waals surface area contributed by atoms with Crippen molar-refractivity contribution in [3.63, 3.8) is 0 Å². The number of halogens is 1. The van der Waals surface area contributed by atoms with Crippen LogP contribution < -0.4 is 4.90 Å². The van der Waals surface area contributed by atoms with Crippen LogP contribution in [0.25, 0.3) is 22.2 Å². The highest BCUT2D eigenvalue weighted by Gasteiger charge is 2.20. The maximum Gasteiger partial charge on any atom is 0.226 e. The van der Waals surface area contributed by atoms with Gasteiger partial charge in [-0.05, 0) is 37.0 Å². The van der Waals surface area contributed by atoms with Crippen LogP contribution in [0.4, 0.5) is 5.95 Å². The van der Waals surface area contributed by atoms with Crippen LogP contribution in [0.1, 0.15) is 19.8 Å². The Labute approximate surface area is 150 Å². The molecule has 3 aromatic rings. The van der Waals surface area contributed by atoms with E-state index >= 15 is 0 Å². The fraction of sp³-hybridized carbons (Fsp3) is 0.300. The summed E-state index contributed by atoms with van der Waals surface area (Å²) in [6.07, 6.45) is 2.51. The number of anilines is 1. The largest absolute Gasteiger partial charge is 0.341 e. The van der Waals surface area contributed by atoms with E-state index in [0.717, 1.165) is 45.7 Å². The SMILES string of the molecule is CC1CCCN(c2nc(-c3ccccc3)c3cc(Br)ccc3n2)C1. The molecule has 4 rings (SSSR count). The Balaban J connectivity index is 1.89. The summed E-state index contributed by atoms with van der Waals surface area (Å²) in [7, 11) is 0. The molecular formula is C20H20BrN3. The fourth-order valence-electron chi connectivity index (χ4n) is 3.42. The van der Waals surface area contributed by atoms with Crippen LogP contribution in [0, 0.1) is 5.92 Å². The lowest BCUT2D eigenvalue weighted by atomic mass is 10.0. The summed E-state index contributed by atoms with van der Waals surface area (Å²) >= 11 is 3.58. The Kier molecular flexibility index (Phi) is 4.23. The van der Waals surface area contributed by atoms with Crippen LogP contribution in [0.3, 0.4) is 0 Å². The second kappa shape index (κ2) is 6.52. The van der Waals surface area contributed by atoms with Crippen molar-refractivity contribution in [2.75, 3.05) is 18.0 Å². The Morgan fingerprint density at radius 1 is 1.08 bits per heavy atom. The molecule has 4 heteroatoms. The van der Waals surface area contributed by atoms with Crippen LogP contribution in [0.5, 0.6) is 0 Å². The third kappa shape index (κ3) is 3.03. The molecule has 1 unspecified atom stereocenters. The van der Waals surface area contributed by atoms with Gasteiger partial charge in [-0.3, -0.25) is 0 Å². The van der Waals surface area contributed by atoms with Gasteiger partial charge < -0.3 is 4.90 Å². The Hall–Kier alpha value is -1.94. The lowest BCUT2D eigenvalue weighted by molar-refractivity contribution is 0.442. The van der Waals surface area contributed by atoms with Gasteiger partial charge >= 0.3 is 0 Å². The number of hydrogen-bond donors (Lipinski definition) is 0. The van der Waals surface area contributed by atoms with Crippen LogP contribution in [-0.4, -0.2) is 23.1 Å². The molecule has 2 aromatic carbocycles. The molecule has 0 spiro atoms. The van der Waals surface area contributed by atoms with E-state index in [1.807, 2.05) is 12.1 Å². The summed E-state index contributed by atoms with van der Waals surface area (Å²) in [4.78, 5) is 12.2. The predicted molar refractivity (Wildman–Crippen MR) is 103 cm³/mol. The predicted octanol–water partition coefficient (Wildman–Crippen LogP) is 5.30. The first-order valence-corrected chi connectivity index (χ1v) is 9.28. The van der Waals surface area contributed by atoms with E-state index in [1.165, 1.54) is 12.8 Å². The normalized spacial score (nSPS) is 18.1. The van der Waals surface area contributed by atoms with E-state index in [1.54, 1.807) is 0 Å². The molecule has 122 valence electrons. The van der Waals surface area contributed by atoms with Crippen molar-refractivity contribution in [1.29, 1.82) is 0 Å². The Bertz CT molecular complexity index is 863. The van der Waals surface area contributed by atoms with Crippen LogP contribution >= 0.6 is 15.9 Å². The summed E-state index contributed by atoms with van der Waals surface area (Å²) in [5.74, 6) is 1.55. The van der Waals surface area contributed by atoms with E-state index in [0.29, 0.717) is 5.92 Å². The summed E-state index contributed by atoms with van der Waals surface area (Å²) in [5, 5.41) is 1.09. The summed E-state index contributed by atoms with van der Waals surface area (Å²) in [6.45, 7) is 4.39. The average Bonchev–Trinajstić information content (AvgIpc) is 2.61. The smallest absolute Gasteiger partial charge is 0.226 e. The number of benzene rings is 2. The summed E-state index contributed by atoms with van der Waals surface area (Å²) in [6, 6.07) is 16.6. The van der Waals surface area contributed by atoms with Crippen molar-refractivity contribution < 1.29 is 0 Å². The maximum absolute atomic E-state index is 4.96. The second-order valence-electron chi connectivity index (χ2n) is 6.59. The lowest BCUT2D eigenvalue weighted by Gasteiger charge is -2.31. The van der Waals surface area contributed by atoms with Crippen LogP contribution in [0.15, 0.2) is 53.0 Å². The van der Waals surface area contributed by atoms with Gasteiger partial charge in [-0.1, -0.05) is 53.2 Å². The molecule has 1 aliphatic rings. The fourth-order valence-corrected chi connectivity index (χ4v) is 3.78. The number of aromatic nitrogens is 2. The van der Waals surface area contributed by atoms with Gasteiger partial charge in [0.1, 0.15) is 0 Å². The monoisotopic (exact) mass is 381 g/mol. The molecule has 0 aliphatic carbocycles. The highest BCUT2D eigenvalue weighted by Crippen LogP contribution is 2.31. The van der Waals surface area contributed by atoms with Gasteiger partial charge in [-0.25, -0.2) is 9.97 Å². The van der Waals surface area contributed by atoms with Crippen LogP contribution in [0.2, 0.25) is 0 Å². The summed E-state index contributed by atoms with van der Waals surface area (Å²) < 4.78 is 1.05. The number of rotatable bonds is 2. The molecule has 2 heterocycles. The molecule has 1 aliphatic heterocycles. The van der Waals surface area contributed by atoms with E-state index in [4.69, 9.17) is 9.97 Å². The minimum atomic E-state index is 0.697. The third-order valence-electron chi connectivity index (χ3n) is 4.63. The van der Waals surface area contributed by atoms with Gasteiger partial charge in [0, 0.05) is 28.5 Å². The van der Waals surface area contributed by atoms with Crippen molar-refractivity contribution >= 4 is 32.8 Å². The topological polar surface area (TPSA) is 29.0 Å². The molecule has 0 bridgehead atoms. The molecule has 1 atom stereocenters. The zero-order chi connectivity index (χ0) is 16.5. The minimum absolute atomic E-state index is 0.697. The quantitative estimate of drug-likeness (QED) is 0.603. The third-order valence-corrected chi connectivity index (χ3v) is 5.13. The van der Waals surface area contributed by atoms with Crippen LogP contribution in [-0.2, 0) is 0 Å². The molecule has 0 N–H and O–H groups in total. The van der Waals surface area contributed by atoms with Crippen molar-refractivity contribution in [2.45, 2.75) is 19.8 Å². The van der Waals surface area contributed by atoms with Gasteiger partial charge in [0.2, 0.25) is 5.95 Å². The molecule has 1 saturated heterocycles. The average molecular weight is 382 g/mol. The number of piperidine rings is 1. The van der Waals surface area contributed by atoms with Gasteiger partial charge in [0.05, 0.1) is 11.2 Å². The number of fused-ring (bicyclic) bond motifs is 1. The van der Waals surface area contributed by atoms with Crippen molar-refractivity contribution in [3.05, 3.63) is 53.0 Å². The molecule has 24 heavy (non-hydrogen) atoms. The van der Waals surface area contributed by atoms with Gasteiger partial charge in [-0.2, -0.15) is 0 Å². The van der Waals surface area contributed by atoms with E-state index in [2.05, 4.69) is 64.2 Å². The number of nitrogens with zero attached hydrogens (tertiary/aromatic N) is 3. The molecule has 0 radical (unpaired) electrons. The highest BCUT2D eigenvalue weighted by molar-refractivity contribution is 9.10. The van der Waals surface area contributed by atoms with Crippen molar-refractivity contribution in [2.24, 2.45) is 5.92 Å². The molecule has 0 saturated carbocycles. The van der Waals surface area contributed by atoms with Gasteiger partial charge in [-0.15, -0.1) is 0 Å². The highest BCUT2D eigenvalue weighted by atomic mass is 79.9. The van der Waals surface area contributed by atoms with Gasteiger partial charge in [0.25, 0.3) is 0 Å². The first-order valence-electron chi connectivity index (χ1n) is 8.48. The standard InChI is InChI=1S/C20H20BrN3/c1-14-6-5-11-24(13-14)20-22-18-10-9-16(21)12-17(18)19(23-20)15-7-3-2-4-8-15/h2-4,7-10,12,14H,5-6,11,13H2,1H3. The summed E-state index contributed by atoms with van der Waals surface area (Å²) in [5.41, 5.74) is 3.14. The molecular weight excluding hydrogens is 362 g/mol. The zero-order valence-electron chi connectivity index (χ0n) is 13.7. The minimum Gasteiger partial charge on any atom is -0.341 e. The maximum atomic E-state index is 4.96. The first-order chi connectivity index (χ1) is 11.7. The Morgan fingerprint density at radius 3 is 2.71 bits per heavy atom. The second-order valence-corrected chi connectivity index (χ2v) is 7.51. The van der Waals surface area contributed by atoms with Crippen molar-refractivity contribution in [1.82, 2.24) is 9.97 Å². The van der Waals surface area contributed by atoms with Gasteiger partial charge in [0.15, 0.2) is 0 Å².